The normalized spacial score (nSPS) is 18.6. The van der Waals surface area contributed by atoms with Gasteiger partial charge in [-0.2, -0.15) is 0 Å². The summed E-state index contributed by atoms with van der Waals surface area (Å²) in [6, 6.07) is 0. The van der Waals surface area contributed by atoms with Crippen molar-refractivity contribution in [1.82, 2.24) is 5.32 Å². The van der Waals surface area contributed by atoms with E-state index in [1.807, 2.05) is 20.8 Å². The van der Waals surface area contributed by atoms with E-state index >= 15 is 0 Å². The topological polar surface area (TPSA) is 55.4 Å². The highest BCUT2D eigenvalue weighted by molar-refractivity contribution is 5.98. The summed E-state index contributed by atoms with van der Waals surface area (Å²) < 4.78 is 5.02. The van der Waals surface area contributed by atoms with E-state index in [0.29, 0.717) is 19.1 Å². The van der Waals surface area contributed by atoms with Gasteiger partial charge in [0.2, 0.25) is 5.91 Å². The SMILES string of the molecule is CCOC(=O)C(C(=O)NCC(C)C1CC1)C(C)(C)C. The molecular formula is C15H27NO3. The molecule has 2 atom stereocenters. The van der Waals surface area contributed by atoms with Crippen LogP contribution in [0.25, 0.3) is 0 Å². The molecule has 2 unspecified atom stereocenters. The standard InChI is InChI=1S/C15H27NO3/c1-6-19-14(18)12(15(3,4)5)13(17)16-9-10(2)11-7-8-11/h10-12H,6-9H2,1-5H3,(H,16,17). The molecule has 1 aliphatic carbocycles. The average molecular weight is 269 g/mol. The molecule has 19 heavy (non-hydrogen) atoms. The van der Waals surface area contributed by atoms with Crippen LogP contribution in [-0.4, -0.2) is 25.0 Å². The third kappa shape index (κ3) is 4.84. The van der Waals surface area contributed by atoms with Crippen molar-refractivity contribution in [1.29, 1.82) is 0 Å². The molecule has 0 aliphatic heterocycles. The number of ether oxygens (including phenoxy) is 1. The molecule has 0 spiro atoms. The first kappa shape index (κ1) is 16.0. The zero-order chi connectivity index (χ0) is 14.6. The molecule has 1 N–H and O–H groups in total. The molecule has 4 nitrogen and oxygen atoms in total. The first-order valence-electron chi connectivity index (χ1n) is 7.21. The Bertz CT molecular complexity index is 329. The third-order valence-electron chi connectivity index (χ3n) is 3.68. The van der Waals surface area contributed by atoms with Crippen LogP contribution in [0.1, 0.15) is 47.5 Å². The Kier molecular flexibility index (Phi) is 5.39. The van der Waals surface area contributed by atoms with Crippen LogP contribution in [0.3, 0.4) is 0 Å². The molecule has 0 saturated heterocycles. The van der Waals surface area contributed by atoms with Crippen molar-refractivity contribution in [3.05, 3.63) is 0 Å². The fraction of sp³-hybridized carbons (Fsp3) is 0.867. The summed E-state index contributed by atoms with van der Waals surface area (Å²) in [7, 11) is 0. The molecule has 1 saturated carbocycles. The van der Waals surface area contributed by atoms with Gasteiger partial charge in [0.15, 0.2) is 0 Å². The molecule has 1 fully saturated rings. The predicted molar refractivity (Wildman–Crippen MR) is 74.5 cm³/mol. The summed E-state index contributed by atoms with van der Waals surface area (Å²) in [6.07, 6.45) is 2.52. The van der Waals surface area contributed by atoms with Gasteiger partial charge in [0, 0.05) is 6.54 Å². The van der Waals surface area contributed by atoms with Crippen molar-refractivity contribution in [2.24, 2.45) is 23.2 Å². The Morgan fingerprint density at radius 2 is 1.89 bits per heavy atom. The number of amides is 1. The molecule has 0 heterocycles. The summed E-state index contributed by atoms with van der Waals surface area (Å²) in [5.74, 6) is -0.133. The third-order valence-corrected chi connectivity index (χ3v) is 3.68. The number of carbonyl (C=O) groups is 2. The fourth-order valence-electron chi connectivity index (χ4n) is 2.28. The molecule has 0 aromatic rings. The summed E-state index contributed by atoms with van der Waals surface area (Å²) in [5, 5.41) is 2.91. The molecule has 0 radical (unpaired) electrons. The van der Waals surface area contributed by atoms with Crippen LogP contribution in [0, 0.1) is 23.2 Å². The maximum atomic E-state index is 12.2. The van der Waals surface area contributed by atoms with Gasteiger partial charge in [-0.3, -0.25) is 9.59 Å². The Hall–Kier alpha value is -1.06. The van der Waals surface area contributed by atoms with E-state index < -0.39 is 17.3 Å². The second-order valence-electron chi connectivity index (χ2n) is 6.61. The van der Waals surface area contributed by atoms with E-state index in [4.69, 9.17) is 4.74 Å². The molecule has 4 heteroatoms. The van der Waals surface area contributed by atoms with Gasteiger partial charge in [-0.05, 0) is 37.0 Å². The zero-order valence-electron chi connectivity index (χ0n) is 12.8. The maximum absolute atomic E-state index is 12.2. The highest BCUT2D eigenvalue weighted by Gasteiger charge is 2.39. The fourth-order valence-corrected chi connectivity index (χ4v) is 2.28. The Labute approximate surface area is 116 Å². The quantitative estimate of drug-likeness (QED) is 0.595. The molecule has 0 aromatic carbocycles. The zero-order valence-corrected chi connectivity index (χ0v) is 12.8. The van der Waals surface area contributed by atoms with Gasteiger partial charge >= 0.3 is 5.97 Å². The van der Waals surface area contributed by atoms with Crippen molar-refractivity contribution in [3.63, 3.8) is 0 Å². The van der Waals surface area contributed by atoms with Crippen molar-refractivity contribution in [2.45, 2.75) is 47.5 Å². The summed E-state index contributed by atoms with van der Waals surface area (Å²) >= 11 is 0. The van der Waals surface area contributed by atoms with Gasteiger partial charge in [0.25, 0.3) is 0 Å². The van der Waals surface area contributed by atoms with Crippen LogP contribution in [0.5, 0.6) is 0 Å². The van der Waals surface area contributed by atoms with Gasteiger partial charge in [-0.15, -0.1) is 0 Å². The second kappa shape index (κ2) is 6.40. The lowest BCUT2D eigenvalue weighted by atomic mass is 9.80. The van der Waals surface area contributed by atoms with Crippen LogP contribution in [-0.2, 0) is 14.3 Å². The second-order valence-corrected chi connectivity index (χ2v) is 6.61. The van der Waals surface area contributed by atoms with Crippen molar-refractivity contribution >= 4 is 11.9 Å². The van der Waals surface area contributed by atoms with E-state index in [1.54, 1.807) is 6.92 Å². The van der Waals surface area contributed by atoms with E-state index in [-0.39, 0.29) is 5.91 Å². The number of carbonyl (C=O) groups excluding carboxylic acids is 2. The lowest BCUT2D eigenvalue weighted by molar-refractivity contribution is -0.156. The molecule has 110 valence electrons. The Balaban J connectivity index is 2.58. The number of hydrogen-bond donors (Lipinski definition) is 1. The molecule has 1 aliphatic rings. The highest BCUT2D eigenvalue weighted by atomic mass is 16.5. The van der Waals surface area contributed by atoms with E-state index in [2.05, 4.69) is 12.2 Å². The highest BCUT2D eigenvalue weighted by Crippen LogP contribution is 2.36. The van der Waals surface area contributed by atoms with Gasteiger partial charge in [-0.25, -0.2) is 0 Å². The Morgan fingerprint density at radius 3 is 2.32 bits per heavy atom. The average Bonchev–Trinajstić information content (AvgIpc) is 3.08. The minimum absolute atomic E-state index is 0.210. The molecular weight excluding hydrogens is 242 g/mol. The van der Waals surface area contributed by atoms with Gasteiger partial charge < -0.3 is 10.1 Å². The smallest absolute Gasteiger partial charge is 0.319 e. The Morgan fingerprint density at radius 1 is 1.32 bits per heavy atom. The first-order valence-corrected chi connectivity index (χ1v) is 7.21. The monoisotopic (exact) mass is 269 g/mol. The largest absolute Gasteiger partial charge is 0.465 e. The van der Waals surface area contributed by atoms with E-state index in [1.165, 1.54) is 12.8 Å². The number of esters is 1. The molecule has 0 aromatic heterocycles. The van der Waals surface area contributed by atoms with Crippen LogP contribution in [0.2, 0.25) is 0 Å². The number of hydrogen-bond acceptors (Lipinski definition) is 3. The van der Waals surface area contributed by atoms with Gasteiger partial charge in [0.05, 0.1) is 6.61 Å². The predicted octanol–water partition coefficient (Wildman–Crippen LogP) is 2.37. The first-order chi connectivity index (χ1) is 8.77. The van der Waals surface area contributed by atoms with Crippen LogP contribution >= 0.6 is 0 Å². The van der Waals surface area contributed by atoms with Crippen LogP contribution in [0.4, 0.5) is 0 Å². The molecule has 1 rings (SSSR count). The van der Waals surface area contributed by atoms with Gasteiger partial charge in [0.1, 0.15) is 5.92 Å². The lowest BCUT2D eigenvalue weighted by Crippen LogP contribution is -2.44. The number of nitrogens with one attached hydrogen (secondary N) is 1. The van der Waals surface area contributed by atoms with Crippen molar-refractivity contribution in [3.8, 4) is 0 Å². The maximum Gasteiger partial charge on any atom is 0.319 e. The summed E-state index contributed by atoms with van der Waals surface area (Å²) in [4.78, 5) is 24.2. The minimum Gasteiger partial charge on any atom is -0.465 e. The van der Waals surface area contributed by atoms with Crippen LogP contribution in [0.15, 0.2) is 0 Å². The molecule has 1 amide bonds. The minimum atomic E-state index is -0.737. The van der Waals surface area contributed by atoms with Gasteiger partial charge in [-0.1, -0.05) is 27.7 Å². The summed E-state index contributed by atoms with van der Waals surface area (Å²) in [5.41, 5.74) is -0.431. The lowest BCUT2D eigenvalue weighted by Gasteiger charge is -2.28. The summed E-state index contributed by atoms with van der Waals surface area (Å²) in [6.45, 7) is 10.5. The number of rotatable bonds is 6. The van der Waals surface area contributed by atoms with Crippen molar-refractivity contribution < 1.29 is 14.3 Å². The van der Waals surface area contributed by atoms with Crippen LogP contribution < -0.4 is 5.32 Å². The van der Waals surface area contributed by atoms with E-state index in [9.17, 15) is 9.59 Å². The van der Waals surface area contributed by atoms with E-state index in [0.717, 1.165) is 5.92 Å². The molecule has 0 bridgehead atoms. The van der Waals surface area contributed by atoms with Crippen molar-refractivity contribution in [2.75, 3.05) is 13.2 Å².